The number of rotatable bonds is 3. The van der Waals surface area contributed by atoms with E-state index in [0.29, 0.717) is 0 Å². The second-order valence-corrected chi connectivity index (χ2v) is 4.67. The molecule has 6 N–H and O–H groups in total. The molecule has 1 saturated carbocycles. The van der Waals surface area contributed by atoms with Gasteiger partial charge in [0, 0.05) is 12.0 Å². The van der Waals surface area contributed by atoms with Gasteiger partial charge in [0.1, 0.15) is 0 Å². The van der Waals surface area contributed by atoms with E-state index in [9.17, 15) is 14.8 Å². The zero-order valence-electron chi connectivity index (χ0n) is 7.35. The first-order valence-electron chi connectivity index (χ1n) is 4.13. The Morgan fingerprint density at radius 1 is 1.36 bits per heavy atom. The minimum absolute atomic E-state index is 0.280. The number of hydrogen-bond donors (Lipinski definition) is 5. The van der Waals surface area contributed by atoms with Gasteiger partial charge in [0.25, 0.3) is 0 Å². The molecule has 4 atom stereocenters. The lowest BCUT2D eigenvalue weighted by atomic mass is 10.1. The van der Waals surface area contributed by atoms with Crippen LogP contribution >= 0.6 is 7.82 Å². The molecule has 1 aliphatic rings. The van der Waals surface area contributed by atoms with Crippen LogP contribution in [0.2, 0.25) is 0 Å². The highest BCUT2D eigenvalue weighted by Gasteiger charge is 2.40. The van der Waals surface area contributed by atoms with Gasteiger partial charge in [-0.1, -0.05) is 0 Å². The second-order valence-electron chi connectivity index (χ2n) is 3.43. The fourth-order valence-corrected chi connectivity index (χ4v) is 1.91. The summed E-state index contributed by atoms with van der Waals surface area (Å²) in [6.07, 6.45) is -1.86. The van der Waals surface area contributed by atoms with Crippen molar-refractivity contribution in [3.63, 3.8) is 0 Å². The van der Waals surface area contributed by atoms with Crippen molar-refractivity contribution in [3.05, 3.63) is 0 Å². The lowest BCUT2D eigenvalue weighted by Gasteiger charge is -2.16. The fourth-order valence-electron chi connectivity index (χ4n) is 1.52. The molecule has 8 heteroatoms. The number of hydrogen-bond acceptors (Lipinski definition) is 5. The van der Waals surface area contributed by atoms with E-state index in [2.05, 4.69) is 4.52 Å². The van der Waals surface area contributed by atoms with E-state index in [4.69, 9.17) is 15.5 Å². The number of phosphoric ester groups is 1. The largest absolute Gasteiger partial charge is 0.469 e. The standard InChI is InChI=1S/C6H14NO6P/c7-4-1-3(5(8)6(4)9)2-13-14(10,11)12/h3-6,8-9H,1-2,7H2,(H2,10,11,12). The summed E-state index contributed by atoms with van der Waals surface area (Å²) in [5.41, 5.74) is 5.44. The van der Waals surface area contributed by atoms with E-state index in [1.807, 2.05) is 0 Å². The topological polar surface area (TPSA) is 133 Å². The van der Waals surface area contributed by atoms with Crippen LogP contribution in [0.15, 0.2) is 0 Å². The molecule has 0 amide bonds. The molecule has 14 heavy (non-hydrogen) atoms. The molecule has 0 aliphatic heterocycles. The Bertz CT molecular complexity index is 242. The van der Waals surface area contributed by atoms with E-state index in [-0.39, 0.29) is 13.0 Å². The van der Waals surface area contributed by atoms with Crippen LogP contribution in [0.1, 0.15) is 6.42 Å². The lowest BCUT2D eigenvalue weighted by Crippen LogP contribution is -2.36. The number of nitrogens with two attached hydrogens (primary N) is 1. The van der Waals surface area contributed by atoms with E-state index in [0.717, 1.165) is 0 Å². The average Bonchev–Trinajstić information content (AvgIpc) is 2.28. The van der Waals surface area contributed by atoms with Gasteiger partial charge in [0.15, 0.2) is 0 Å². The zero-order chi connectivity index (χ0) is 10.9. The summed E-state index contributed by atoms with van der Waals surface area (Å²) in [6, 6.07) is -0.574. The molecule has 0 spiro atoms. The number of aliphatic hydroxyl groups is 2. The van der Waals surface area contributed by atoms with Crippen molar-refractivity contribution in [2.24, 2.45) is 11.7 Å². The Balaban J connectivity index is 2.44. The van der Waals surface area contributed by atoms with E-state index < -0.39 is 32.0 Å². The van der Waals surface area contributed by atoms with Gasteiger partial charge >= 0.3 is 7.82 Å². The van der Waals surface area contributed by atoms with E-state index in [1.54, 1.807) is 0 Å². The Morgan fingerprint density at radius 3 is 2.29 bits per heavy atom. The van der Waals surface area contributed by atoms with Crippen molar-refractivity contribution in [1.82, 2.24) is 0 Å². The molecule has 1 aliphatic carbocycles. The first-order valence-corrected chi connectivity index (χ1v) is 5.66. The summed E-state index contributed by atoms with van der Waals surface area (Å²) in [6.45, 7) is -0.309. The summed E-state index contributed by atoms with van der Waals surface area (Å²) in [5.74, 6) is -0.535. The monoisotopic (exact) mass is 227 g/mol. The summed E-state index contributed by atoms with van der Waals surface area (Å²) in [5, 5.41) is 18.6. The molecule has 84 valence electrons. The highest BCUT2D eigenvalue weighted by molar-refractivity contribution is 7.46. The average molecular weight is 227 g/mol. The lowest BCUT2D eigenvalue weighted by molar-refractivity contribution is 0.00285. The zero-order valence-corrected chi connectivity index (χ0v) is 8.25. The van der Waals surface area contributed by atoms with Crippen LogP contribution in [0, 0.1) is 5.92 Å². The Labute approximate surface area is 80.7 Å². The highest BCUT2D eigenvalue weighted by Crippen LogP contribution is 2.38. The molecule has 1 fully saturated rings. The van der Waals surface area contributed by atoms with Gasteiger partial charge in [-0.15, -0.1) is 0 Å². The Kier molecular flexibility index (Phi) is 3.65. The van der Waals surface area contributed by atoms with Crippen LogP contribution in [0.3, 0.4) is 0 Å². The maximum absolute atomic E-state index is 10.4. The van der Waals surface area contributed by atoms with Crippen LogP contribution in [0.25, 0.3) is 0 Å². The van der Waals surface area contributed by atoms with Gasteiger partial charge in [-0.3, -0.25) is 4.52 Å². The number of phosphoric acid groups is 1. The molecule has 0 bridgehead atoms. The van der Waals surface area contributed by atoms with Crippen molar-refractivity contribution in [2.45, 2.75) is 24.7 Å². The fraction of sp³-hybridized carbons (Fsp3) is 1.00. The van der Waals surface area contributed by atoms with E-state index >= 15 is 0 Å². The maximum Gasteiger partial charge on any atom is 0.469 e. The molecular weight excluding hydrogens is 213 g/mol. The number of aliphatic hydroxyl groups excluding tert-OH is 2. The maximum atomic E-state index is 10.4. The van der Waals surface area contributed by atoms with Crippen molar-refractivity contribution >= 4 is 7.82 Å². The van der Waals surface area contributed by atoms with Gasteiger partial charge in [0.05, 0.1) is 18.8 Å². The van der Waals surface area contributed by atoms with Crippen LogP contribution in [-0.2, 0) is 9.09 Å². The first kappa shape index (κ1) is 12.1. The normalized spacial score (nSPS) is 38.9. The molecule has 0 saturated heterocycles. The molecule has 0 aromatic heterocycles. The minimum Gasteiger partial charge on any atom is -0.390 e. The van der Waals surface area contributed by atoms with Crippen molar-refractivity contribution in [1.29, 1.82) is 0 Å². The molecule has 4 unspecified atom stereocenters. The molecule has 0 heterocycles. The third-order valence-corrected chi connectivity index (χ3v) is 2.79. The van der Waals surface area contributed by atoms with Crippen LogP contribution in [0.4, 0.5) is 0 Å². The first-order chi connectivity index (χ1) is 6.31. The highest BCUT2D eigenvalue weighted by atomic mass is 31.2. The van der Waals surface area contributed by atoms with Crippen molar-refractivity contribution in [2.75, 3.05) is 6.61 Å². The van der Waals surface area contributed by atoms with Gasteiger partial charge in [-0.2, -0.15) is 0 Å². The molecular formula is C6H14NO6P. The van der Waals surface area contributed by atoms with Crippen LogP contribution in [0.5, 0.6) is 0 Å². The molecule has 0 aromatic carbocycles. The molecule has 7 nitrogen and oxygen atoms in total. The van der Waals surface area contributed by atoms with Crippen molar-refractivity contribution in [3.8, 4) is 0 Å². The summed E-state index contributed by atoms with van der Waals surface area (Å²) in [4.78, 5) is 16.8. The summed E-state index contributed by atoms with van der Waals surface area (Å²) >= 11 is 0. The quantitative estimate of drug-likeness (QED) is 0.358. The Hall–Kier alpha value is -0.0100. The van der Waals surface area contributed by atoms with Crippen LogP contribution in [-0.4, -0.2) is 44.9 Å². The van der Waals surface area contributed by atoms with Gasteiger partial charge < -0.3 is 25.7 Å². The SMILES string of the molecule is NC1CC(COP(=O)(O)O)C(O)C1O. The predicted octanol–water partition coefficient (Wildman–Crippen LogP) is -1.84. The second kappa shape index (κ2) is 4.24. The Morgan fingerprint density at radius 2 is 1.93 bits per heavy atom. The van der Waals surface area contributed by atoms with Crippen LogP contribution < -0.4 is 5.73 Å². The smallest absolute Gasteiger partial charge is 0.390 e. The molecule has 0 radical (unpaired) electrons. The van der Waals surface area contributed by atoms with Gasteiger partial charge in [-0.05, 0) is 6.42 Å². The third kappa shape index (κ3) is 2.99. The van der Waals surface area contributed by atoms with E-state index in [1.165, 1.54) is 0 Å². The predicted molar refractivity (Wildman–Crippen MR) is 46.1 cm³/mol. The third-order valence-electron chi connectivity index (χ3n) is 2.30. The summed E-state index contributed by atoms with van der Waals surface area (Å²) in [7, 11) is -4.52. The summed E-state index contributed by atoms with van der Waals surface area (Å²) < 4.78 is 14.6. The van der Waals surface area contributed by atoms with Gasteiger partial charge in [0.2, 0.25) is 0 Å². The van der Waals surface area contributed by atoms with Gasteiger partial charge in [-0.25, -0.2) is 4.57 Å². The molecule has 0 aromatic rings. The molecule has 1 rings (SSSR count). The van der Waals surface area contributed by atoms with Crippen molar-refractivity contribution < 1.29 is 29.1 Å². The minimum atomic E-state index is -4.52.